The van der Waals surface area contributed by atoms with Gasteiger partial charge in [-0.1, -0.05) is 20.8 Å². The lowest BCUT2D eigenvalue weighted by molar-refractivity contribution is -0.137. The summed E-state index contributed by atoms with van der Waals surface area (Å²) >= 11 is 0. The number of hydrogen-bond acceptors (Lipinski definition) is 3. The minimum Gasteiger partial charge on any atom is -0.340 e. The van der Waals surface area contributed by atoms with Crippen molar-refractivity contribution in [3.05, 3.63) is 0 Å². The molecular weight excluding hydrogens is 226 g/mol. The van der Waals surface area contributed by atoms with E-state index < -0.39 is 5.54 Å². The molecule has 0 aromatic rings. The highest BCUT2D eigenvalue weighted by molar-refractivity contribution is 5.85. The molecule has 0 aliphatic carbocycles. The van der Waals surface area contributed by atoms with Crippen LogP contribution < -0.4 is 5.32 Å². The summed E-state index contributed by atoms with van der Waals surface area (Å²) in [7, 11) is 4.07. The number of amides is 1. The Hall–Kier alpha value is -0.610. The third kappa shape index (κ3) is 6.36. The van der Waals surface area contributed by atoms with Gasteiger partial charge in [-0.3, -0.25) is 4.79 Å². The van der Waals surface area contributed by atoms with Crippen LogP contribution in [0.5, 0.6) is 0 Å². The molecule has 0 rings (SSSR count). The van der Waals surface area contributed by atoms with Crippen molar-refractivity contribution in [3.63, 3.8) is 0 Å². The molecular formula is C14H31N3O. The molecule has 0 radical (unpaired) electrons. The molecule has 0 aromatic heterocycles. The summed E-state index contributed by atoms with van der Waals surface area (Å²) in [4.78, 5) is 16.6. The summed E-state index contributed by atoms with van der Waals surface area (Å²) in [5.74, 6) is 0.688. The summed E-state index contributed by atoms with van der Waals surface area (Å²) < 4.78 is 0. The molecule has 0 atom stereocenters. The smallest absolute Gasteiger partial charge is 0.242 e. The second-order valence-electron chi connectivity index (χ2n) is 6.10. The number of carbonyl (C=O) groups is 1. The fourth-order valence-corrected chi connectivity index (χ4v) is 1.95. The molecule has 0 aliphatic heterocycles. The van der Waals surface area contributed by atoms with Crippen LogP contribution in [0.1, 0.15) is 34.6 Å². The van der Waals surface area contributed by atoms with Crippen LogP contribution in [0.4, 0.5) is 0 Å². The van der Waals surface area contributed by atoms with Crippen LogP contribution in [-0.4, -0.2) is 61.5 Å². The summed E-state index contributed by atoms with van der Waals surface area (Å²) in [6.45, 7) is 13.6. The number of nitrogens with one attached hydrogen (secondary N) is 1. The van der Waals surface area contributed by atoms with Crippen LogP contribution in [0.15, 0.2) is 0 Å². The normalized spacial score (nSPS) is 12.3. The first-order valence-corrected chi connectivity index (χ1v) is 6.89. The van der Waals surface area contributed by atoms with Gasteiger partial charge in [0.05, 0.1) is 5.54 Å². The number of rotatable bonds is 8. The topological polar surface area (TPSA) is 35.6 Å². The average Bonchev–Trinajstić information content (AvgIpc) is 2.22. The van der Waals surface area contributed by atoms with Crippen molar-refractivity contribution in [3.8, 4) is 0 Å². The predicted molar refractivity (Wildman–Crippen MR) is 77.7 cm³/mol. The fourth-order valence-electron chi connectivity index (χ4n) is 1.95. The Bertz CT molecular complexity index is 249. The number of nitrogens with zero attached hydrogens (tertiary/aromatic N) is 2. The Kier molecular flexibility index (Phi) is 7.48. The van der Waals surface area contributed by atoms with Gasteiger partial charge in [0.25, 0.3) is 0 Å². The lowest BCUT2D eigenvalue weighted by atomic mass is 10.0. The van der Waals surface area contributed by atoms with Crippen LogP contribution in [0.2, 0.25) is 0 Å². The summed E-state index contributed by atoms with van der Waals surface area (Å²) in [6, 6.07) is 0. The highest BCUT2D eigenvalue weighted by Gasteiger charge is 2.31. The second-order valence-corrected chi connectivity index (χ2v) is 6.10. The molecule has 1 amide bonds. The second kappa shape index (κ2) is 7.74. The standard InChI is InChI=1S/C14H31N3O/c1-8-15-14(4,5)13(18)17(11-12(2)3)10-9-16(6)7/h12,15H,8-11H2,1-7H3. The van der Waals surface area contributed by atoms with Crippen molar-refractivity contribution >= 4 is 5.91 Å². The molecule has 0 aliphatic rings. The molecule has 108 valence electrons. The number of hydrogen-bond donors (Lipinski definition) is 1. The molecule has 4 nitrogen and oxygen atoms in total. The van der Waals surface area contributed by atoms with E-state index in [1.807, 2.05) is 39.8 Å². The van der Waals surface area contributed by atoms with Crippen LogP contribution in [-0.2, 0) is 4.79 Å². The van der Waals surface area contributed by atoms with Gasteiger partial charge in [0.1, 0.15) is 0 Å². The first kappa shape index (κ1) is 17.4. The number of carbonyl (C=O) groups excluding carboxylic acids is 1. The van der Waals surface area contributed by atoms with Gasteiger partial charge in [0, 0.05) is 19.6 Å². The molecule has 0 bridgehead atoms. The maximum atomic E-state index is 12.5. The predicted octanol–water partition coefficient (Wildman–Crippen LogP) is 1.42. The van der Waals surface area contributed by atoms with Gasteiger partial charge in [-0.15, -0.1) is 0 Å². The zero-order chi connectivity index (χ0) is 14.3. The maximum Gasteiger partial charge on any atom is 0.242 e. The third-order valence-electron chi connectivity index (χ3n) is 2.84. The van der Waals surface area contributed by atoms with Crippen molar-refractivity contribution in [2.45, 2.75) is 40.2 Å². The SMILES string of the molecule is CCNC(C)(C)C(=O)N(CCN(C)C)CC(C)C. The quantitative estimate of drug-likeness (QED) is 0.714. The van der Waals surface area contributed by atoms with Crippen LogP contribution in [0, 0.1) is 5.92 Å². The van der Waals surface area contributed by atoms with E-state index in [2.05, 4.69) is 24.1 Å². The average molecular weight is 257 g/mol. The van der Waals surface area contributed by atoms with Gasteiger partial charge in [0.2, 0.25) is 5.91 Å². The van der Waals surface area contributed by atoms with Crippen molar-refractivity contribution in [2.24, 2.45) is 5.92 Å². The first-order valence-electron chi connectivity index (χ1n) is 6.89. The molecule has 0 aromatic carbocycles. The minimum absolute atomic E-state index is 0.194. The Morgan fingerprint density at radius 3 is 2.17 bits per heavy atom. The number of likely N-dealkylation sites (N-methyl/N-ethyl adjacent to an activating group) is 2. The lowest BCUT2D eigenvalue weighted by Gasteiger charge is -2.34. The fraction of sp³-hybridized carbons (Fsp3) is 0.929. The van der Waals surface area contributed by atoms with Gasteiger partial charge in [0.15, 0.2) is 0 Å². The summed E-state index contributed by atoms with van der Waals surface area (Å²) in [5.41, 5.74) is -0.476. The van der Waals surface area contributed by atoms with Gasteiger partial charge in [-0.25, -0.2) is 0 Å². The van der Waals surface area contributed by atoms with E-state index in [9.17, 15) is 4.79 Å². The monoisotopic (exact) mass is 257 g/mol. The van der Waals surface area contributed by atoms with Crippen molar-refractivity contribution < 1.29 is 4.79 Å². The molecule has 0 heterocycles. The van der Waals surface area contributed by atoms with Crippen molar-refractivity contribution in [1.29, 1.82) is 0 Å². The molecule has 18 heavy (non-hydrogen) atoms. The Labute approximate surface area is 113 Å². The molecule has 1 N–H and O–H groups in total. The minimum atomic E-state index is -0.476. The van der Waals surface area contributed by atoms with E-state index in [0.717, 1.165) is 26.2 Å². The Morgan fingerprint density at radius 2 is 1.78 bits per heavy atom. The maximum absolute atomic E-state index is 12.5. The van der Waals surface area contributed by atoms with Crippen LogP contribution in [0.3, 0.4) is 0 Å². The van der Waals surface area contributed by atoms with E-state index in [-0.39, 0.29) is 5.91 Å². The van der Waals surface area contributed by atoms with Gasteiger partial charge in [-0.2, -0.15) is 0 Å². The first-order chi connectivity index (χ1) is 8.20. The van der Waals surface area contributed by atoms with E-state index in [4.69, 9.17) is 0 Å². The molecule has 0 spiro atoms. The lowest BCUT2D eigenvalue weighted by Crippen LogP contribution is -2.55. The molecule has 0 saturated carbocycles. The zero-order valence-electron chi connectivity index (χ0n) is 13.2. The third-order valence-corrected chi connectivity index (χ3v) is 2.84. The Morgan fingerprint density at radius 1 is 1.22 bits per heavy atom. The van der Waals surface area contributed by atoms with E-state index in [1.54, 1.807) is 0 Å². The highest BCUT2D eigenvalue weighted by atomic mass is 16.2. The van der Waals surface area contributed by atoms with Crippen molar-refractivity contribution in [1.82, 2.24) is 15.1 Å². The van der Waals surface area contributed by atoms with Crippen LogP contribution >= 0.6 is 0 Å². The molecule has 0 saturated heterocycles. The molecule has 0 unspecified atom stereocenters. The van der Waals surface area contributed by atoms with E-state index in [0.29, 0.717) is 5.92 Å². The highest BCUT2D eigenvalue weighted by Crippen LogP contribution is 2.10. The molecule has 0 fully saturated rings. The van der Waals surface area contributed by atoms with Crippen molar-refractivity contribution in [2.75, 3.05) is 40.3 Å². The van der Waals surface area contributed by atoms with Gasteiger partial charge >= 0.3 is 0 Å². The largest absolute Gasteiger partial charge is 0.340 e. The van der Waals surface area contributed by atoms with Gasteiger partial charge < -0.3 is 15.1 Å². The van der Waals surface area contributed by atoms with Gasteiger partial charge in [-0.05, 0) is 40.4 Å². The van der Waals surface area contributed by atoms with E-state index in [1.165, 1.54) is 0 Å². The Balaban J connectivity index is 4.67. The van der Waals surface area contributed by atoms with E-state index >= 15 is 0 Å². The molecule has 4 heteroatoms. The summed E-state index contributed by atoms with van der Waals surface area (Å²) in [5, 5.41) is 3.26. The summed E-state index contributed by atoms with van der Waals surface area (Å²) in [6.07, 6.45) is 0. The van der Waals surface area contributed by atoms with Crippen LogP contribution in [0.25, 0.3) is 0 Å². The zero-order valence-corrected chi connectivity index (χ0v) is 13.2.